The minimum absolute atomic E-state index is 0.221. The van der Waals surface area contributed by atoms with Gasteiger partial charge in [0.05, 0.1) is 12.5 Å². The van der Waals surface area contributed by atoms with Gasteiger partial charge < -0.3 is 15.1 Å². The van der Waals surface area contributed by atoms with Gasteiger partial charge in [0.15, 0.2) is 0 Å². The summed E-state index contributed by atoms with van der Waals surface area (Å²) in [6.45, 7) is 7.11. The molecule has 86 valence electrons. The highest BCUT2D eigenvalue weighted by atomic mass is 16.3. The lowest BCUT2D eigenvalue weighted by Gasteiger charge is -2.31. The third kappa shape index (κ3) is 3.68. The molecule has 15 heavy (non-hydrogen) atoms. The van der Waals surface area contributed by atoms with Gasteiger partial charge in [-0.2, -0.15) is 0 Å². The van der Waals surface area contributed by atoms with Crippen LogP contribution in [0.4, 0.5) is 0 Å². The van der Waals surface area contributed by atoms with Gasteiger partial charge in [-0.3, -0.25) is 0 Å². The van der Waals surface area contributed by atoms with E-state index in [0.29, 0.717) is 0 Å². The molecule has 0 aliphatic rings. The van der Waals surface area contributed by atoms with Gasteiger partial charge in [-0.1, -0.05) is 13.8 Å². The molecular weight excluding hydrogens is 188 g/mol. The van der Waals surface area contributed by atoms with Crippen LogP contribution in [-0.4, -0.2) is 25.0 Å². The third-order valence-corrected chi connectivity index (χ3v) is 3.03. The molecule has 0 saturated heterocycles. The van der Waals surface area contributed by atoms with Crippen molar-refractivity contribution < 1.29 is 4.42 Å². The van der Waals surface area contributed by atoms with Crippen molar-refractivity contribution in [2.24, 2.45) is 11.1 Å². The zero-order chi connectivity index (χ0) is 11.3. The molecule has 1 rings (SSSR count). The van der Waals surface area contributed by atoms with Crippen LogP contribution in [0.2, 0.25) is 0 Å². The van der Waals surface area contributed by atoms with E-state index in [1.54, 1.807) is 12.5 Å². The average molecular weight is 210 g/mol. The van der Waals surface area contributed by atoms with Crippen LogP contribution in [-0.2, 0) is 6.54 Å². The number of nitrogens with zero attached hydrogens (tertiary/aromatic N) is 1. The first-order chi connectivity index (χ1) is 7.09. The lowest BCUT2D eigenvalue weighted by Crippen LogP contribution is -2.38. The number of nitrogens with two attached hydrogens (primary N) is 1. The molecule has 0 saturated carbocycles. The van der Waals surface area contributed by atoms with Crippen LogP contribution in [0.15, 0.2) is 23.0 Å². The Morgan fingerprint density at radius 1 is 1.53 bits per heavy atom. The van der Waals surface area contributed by atoms with Crippen molar-refractivity contribution in [3.05, 3.63) is 24.2 Å². The van der Waals surface area contributed by atoms with Crippen LogP contribution in [0, 0.1) is 5.41 Å². The second kappa shape index (κ2) is 5.33. The zero-order valence-electron chi connectivity index (χ0n) is 9.99. The Hall–Kier alpha value is -0.800. The summed E-state index contributed by atoms with van der Waals surface area (Å²) in [5.74, 6) is 0. The topological polar surface area (TPSA) is 42.4 Å². The Labute approximate surface area is 92.2 Å². The molecule has 1 atom stereocenters. The fourth-order valence-electron chi connectivity index (χ4n) is 1.72. The quantitative estimate of drug-likeness (QED) is 0.781. The normalized spacial score (nSPS) is 15.5. The van der Waals surface area contributed by atoms with Crippen LogP contribution in [0.1, 0.15) is 25.8 Å². The van der Waals surface area contributed by atoms with Crippen molar-refractivity contribution in [1.82, 2.24) is 4.90 Å². The maximum Gasteiger partial charge on any atom is 0.0947 e. The summed E-state index contributed by atoms with van der Waals surface area (Å²) in [6, 6.07) is 2.00. The molecule has 0 aliphatic carbocycles. The first-order valence-corrected chi connectivity index (χ1v) is 5.49. The maximum absolute atomic E-state index is 5.79. The molecule has 1 aromatic rings. The van der Waals surface area contributed by atoms with Gasteiger partial charge >= 0.3 is 0 Å². The van der Waals surface area contributed by atoms with Gasteiger partial charge in [-0.25, -0.2) is 0 Å². The lowest BCUT2D eigenvalue weighted by molar-refractivity contribution is 0.186. The SMILES string of the molecule is CCC(C)(CN)CN(C)Cc1ccoc1. The Morgan fingerprint density at radius 2 is 2.27 bits per heavy atom. The van der Waals surface area contributed by atoms with Gasteiger partial charge in [-0.05, 0) is 31.5 Å². The van der Waals surface area contributed by atoms with E-state index in [0.717, 1.165) is 26.1 Å². The van der Waals surface area contributed by atoms with Gasteiger partial charge in [0.2, 0.25) is 0 Å². The van der Waals surface area contributed by atoms with Crippen molar-refractivity contribution in [2.75, 3.05) is 20.1 Å². The highest BCUT2D eigenvalue weighted by molar-refractivity contribution is 5.04. The molecule has 0 radical (unpaired) electrons. The van der Waals surface area contributed by atoms with E-state index < -0.39 is 0 Å². The van der Waals surface area contributed by atoms with E-state index in [2.05, 4.69) is 25.8 Å². The van der Waals surface area contributed by atoms with E-state index in [-0.39, 0.29) is 5.41 Å². The van der Waals surface area contributed by atoms with Gasteiger partial charge in [-0.15, -0.1) is 0 Å². The molecule has 3 nitrogen and oxygen atoms in total. The van der Waals surface area contributed by atoms with Crippen molar-refractivity contribution in [1.29, 1.82) is 0 Å². The summed E-state index contributed by atoms with van der Waals surface area (Å²) < 4.78 is 5.05. The van der Waals surface area contributed by atoms with Crippen molar-refractivity contribution in [3.8, 4) is 0 Å². The molecule has 1 aromatic heterocycles. The summed E-state index contributed by atoms with van der Waals surface area (Å²) in [5, 5.41) is 0. The molecule has 1 unspecified atom stereocenters. The minimum atomic E-state index is 0.221. The average Bonchev–Trinajstić information content (AvgIpc) is 2.70. The van der Waals surface area contributed by atoms with Crippen molar-refractivity contribution >= 4 is 0 Å². The predicted molar refractivity (Wildman–Crippen MR) is 62.5 cm³/mol. The Kier molecular flexibility index (Phi) is 4.36. The van der Waals surface area contributed by atoms with Crippen LogP contribution in [0.5, 0.6) is 0 Å². The van der Waals surface area contributed by atoms with Gasteiger partial charge in [0, 0.05) is 18.7 Å². The minimum Gasteiger partial charge on any atom is -0.472 e. The molecule has 0 amide bonds. The first kappa shape index (κ1) is 12.3. The third-order valence-electron chi connectivity index (χ3n) is 3.03. The molecular formula is C12H22N2O. The van der Waals surface area contributed by atoms with E-state index in [1.165, 1.54) is 5.56 Å². The summed E-state index contributed by atoms with van der Waals surface area (Å²) in [5.41, 5.74) is 7.23. The molecule has 0 spiro atoms. The second-order valence-corrected chi connectivity index (χ2v) is 4.67. The number of furan rings is 1. The first-order valence-electron chi connectivity index (χ1n) is 5.49. The molecule has 1 heterocycles. The van der Waals surface area contributed by atoms with Crippen LogP contribution >= 0.6 is 0 Å². The molecule has 3 heteroatoms. The second-order valence-electron chi connectivity index (χ2n) is 4.67. The van der Waals surface area contributed by atoms with E-state index >= 15 is 0 Å². The summed E-state index contributed by atoms with van der Waals surface area (Å²) in [4.78, 5) is 2.29. The molecule has 2 N–H and O–H groups in total. The van der Waals surface area contributed by atoms with Crippen LogP contribution in [0.25, 0.3) is 0 Å². The van der Waals surface area contributed by atoms with Gasteiger partial charge in [0.25, 0.3) is 0 Å². The van der Waals surface area contributed by atoms with Crippen LogP contribution < -0.4 is 5.73 Å². The fraction of sp³-hybridized carbons (Fsp3) is 0.667. The number of hydrogen-bond donors (Lipinski definition) is 1. The maximum atomic E-state index is 5.79. The Morgan fingerprint density at radius 3 is 2.73 bits per heavy atom. The largest absolute Gasteiger partial charge is 0.472 e. The number of rotatable bonds is 6. The molecule has 0 fully saturated rings. The summed E-state index contributed by atoms with van der Waals surface area (Å²) >= 11 is 0. The molecule has 0 bridgehead atoms. The summed E-state index contributed by atoms with van der Waals surface area (Å²) in [7, 11) is 2.12. The van der Waals surface area contributed by atoms with E-state index in [1.807, 2.05) is 6.07 Å². The van der Waals surface area contributed by atoms with Crippen molar-refractivity contribution in [2.45, 2.75) is 26.8 Å². The van der Waals surface area contributed by atoms with Gasteiger partial charge in [0.1, 0.15) is 0 Å². The van der Waals surface area contributed by atoms with E-state index in [9.17, 15) is 0 Å². The highest BCUT2D eigenvalue weighted by Crippen LogP contribution is 2.21. The number of hydrogen-bond acceptors (Lipinski definition) is 3. The monoisotopic (exact) mass is 210 g/mol. The standard InChI is InChI=1S/C12H22N2O/c1-4-12(2,9-13)10-14(3)7-11-5-6-15-8-11/h5-6,8H,4,7,9-10,13H2,1-3H3. The molecule has 0 aromatic carbocycles. The van der Waals surface area contributed by atoms with E-state index in [4.69, 9.17) is 10.2 Å². The highest BCUT2D eigenvalue weighted by Gasteiger charge is 2.22. The Bertz CT molecular complexity index is 265. The smallest absolute Gasteiger partial charge is 0.0947 e. The lowest BCUT2D eigenvalue weighted by atomic mass is 9.87. The van der Waals surface area contributed by atoms with Crippen molar-refractivity contribution in [3.63, 3.8) is 0 Å². The Balaban J connectivity index is 2.44. The predicted octanol–water partition coefficient (Wildman–Crippen LogP) is 2.09. The van der Waals surface area contributed by atoms with Crippen LogP contribution in [0.3, 0.4) is 0 Å². The fourth-order valence-corrected chi connectivity index (χ4v) is 1.72. The zero-order valence-corrected chi connectivity index (χ0v) is 9.99. The summed E-state index contributed by atoms with van der Waals surface area (Å²) in [6.07, 6.45) is 4.62. The molecule has 0 aliphatic heterocycles.